The molecule has 2 rings (SSSR count). The van der Waals surface area contributed by atoms with Crippen LogP contribution >= 0.6 is 11.6 Å². The molecule has 0 aliphatic rings. The molecule has 0 atom stereocenters. The maximum Gasteiger partial charge on any atom is 0.255 e. The van der Waals surface area contributed by atoms with E-state index in [-0.39, 0.29) is 5.91 Å². The number of nitrogens with one attached hydrogen (secondary N) is 1. The molecule has 0 bridgehead atoms. The number of carbonyl (C=O) groups excluding carboxylic acids is 1. The second-order valence-electron chi connectivity index (χ2n) is 4.43. The predicted octanol–water partition coefficient (Wildman–Crippen LogP) is 4.17. The first-order valence-electron chi connectivity index (χ1n) is 6.62. The molecule has 0 heterocycles. The van der Waals surface area contributed by atoms with E-state index in [0.29, 0.717) is 34.4 Å². The van der Waals surface area contributed by atoms with Gasteiger partial charge in [-0.3, -0.25) is 4.79 Å². The zero-order chi connectivity index (χ0) is 15.9. The van der Waals surface area contributed by atoms with Gasteiger partial charge in [0, 0.05) is 11.3 Å². The predicted molar refractivity (Wildman–Crippen MR) is 88.1 cm³/mol. The highest BCUT2D eigenvalue weighted by molar-refractivity contribution is 6.32. The average Bonchev–Trinajstić information content (AvgIpc) is 2.54. The summed E-state index contributed by atoms with van der Waals surface area (Å²) in [5.41, 5.74) is 1.13. The Kier molecular flexibility index (Phi) is 5.44. The smallest absolute Gasteiger partial charge is 0.255 e. The largest absolute Gasteiger partial charge is 0.495 e. The van der Waals surface area contributed by atoms with Crippen LogP contribution in [0.2, 0.25) is 5.02 Å². The minimum atomic E-state index is -0.246. The molecular weight excluding hydrogens is 302 g/mol. The molecule has 0 saturated carbocycles. The average molecular weight is 318 g/mol. The van der Waals surface area contributed by atoms with Crippen LogP contribution in [0.1, 0.15) is 10.4 Å². The number of anilines is 1. The Bertz CT molecular complexity index is 668. The molecular formula is C17H16ClNO3. The van der Waals surface area contributed by atoms with E-state index in [1.807, 2.05) is 0 Å². The minimum Gasteiger partial charge on any atom is -0.495 e. The molecule has 2 aromatic rings. The first-order chi connectivity index (χ1) is 10.6. The van der Waals surface area contributed by atoms with Crippen LogP contribution in [0, 0.1) is 0 Å². The summed E-state index contributed by atoms with van der Waals surface area (Å²) in [5, 5.41) is 3.18. The Morgan fingerprint density at radius 1 is 1.27 bits per heavy atom. The molecule has 2 aromatic carbocycles. The van der Waals surface area contributed by atoms with Crippen LogP contribution in [0.15, 0.2) is 55.1 Å². The number of carbonyl (C=O) groups is 1. The van der Waals surface area contributed by atoms with Gasteiger partial charge in [-0.1, -0.05) is 24.3 Å². The monoisotopic (exact) mass is 317 g/mol. The topological polar surface area (TPSA) is 47.6 Å². The van der Waals surface area contributed by atoms with Crippen LogP contribution in [0.3, 0.4) is 0 Å². The van der Waals surface area contributed by atoms with Crippen LogP contribution < -0.4 is 14.8 Å². The Hall–Kier alpha value is -2.46. The third kappa shape index (κ3) is 4.02. The van der Waals surface area contributed by atoms with Gasteiger partial charge in [-0.15, -0.1) is 0 Å². The first-order valence-corrected chi connectivity index (χ1v) is 7.00. The summed E-state index contributed by atoms with van der Waals surface area (Å²) in [4.78, 5) is 12.2. The van der Waals surface area contributed by atoms with Crippen molar-refractivity contribution in [1.82, 2.24) is 0 Å². The van der Waals surface area contributed by atoms with Crippen molar-refractivity contribution in [2.75, 3.05) is 19.0 Å². The van der Waals surface area contributed by atoms with Crippen LogP contribution in [0.5, 0.6) is 11.5 Å². The Balaban J connectivity index is 2.05. The molecule has 0 saturated heterocycles. The molecule has 22 heavy (non-hydrogen) atoms. The van der Waals surface area contributed by atoms with Gasteiger partial charge in [0.2, 0.25) is 0 Å². The highest BCUT2D eigenvalue weighted by Gasteiger charge is 2.09. The van der Waals surface area contributed by atoms with Gasteiger partial charge in [0.05, 0.1) is 12.1 Å². The summed E-state index contributed by atoms with van der Waals surface area (Å²) >= 11 is 6.02. The fraction of sp³-hybridized carbons (Fsp3) is 0.118. The Labute approximate surface area is 134 Å². The zero-order valence-corrected chi connectivity index (χ0v) is 12.9. The van der Waals surface area contributed by atoms with Crippen molar-refractivity contribution in [1.29, 1.82) is 0 Å². The molecule has 0 aromatic heterocycles. The van der Waals surface area contributed by atoms with Crippen LogP contribution in [-0.2, 0) is 0 Å². The van der Waals surface area contributed by atoms with E-state index in [1.54, 1.807) is 48.5 Å². The van der Waals surface area contributed by atoms with Crippen molar-refractivity contribution in [2.45, 2.75) is 0 Å². The van der Waals surface area contributed by atoms with Gasteiger partial charge in [-0.05, 0) is 42.5 Å². The van der Waals surface area contributed by atoms with Crippen LogP contribution in [-0.4, -0.2) is 19.6 Å². The number of benzene rings is 2. The van der Waals surface area contributed by atoms with Gasteiger partial charge in [0.15, 0.2) is 0 Å². The molecule has 0 radical (unpaired) electrons. The summed E-state index contributed by atoms with van der Waals surface area (Å²) < 4.78 is 10.4. The summed E-state index contributed by atoms with van der Waals surface area (Å²) in [6.45, 7) is 4.02. The van der Waals surface area contributed by atoms with Gasteiger partial charge < -0.3 is 14.8 Å². The second kappa shape index (κ2) is 7.52. The third-order valence-electron chi connectivity index (χ3n) is 2.89. The lowest BCUT2D eigenvalue weighted by Gasteiger charge is -2.08. The molecule has 1 N–H and O–H groups in total. The van der Waals surface area contributed by atoms with Crippen molar-refractivity contribution in [3.63, 3.8) is 0 Å². The number of amides is 1. The van der Waals surface area contributed by atoms with Crippen LogP contribution in [0.25, 0.3) is 0 Å². The van der Waals surface area contributed by atoms with Crippen molar-refractivity contribution in [2.24, 2.45) is 0 Å². The molecule has 1 amide bonds. The first kappa shape index (κ1) is 15.9. The number of ether oxygens (including phenoxy) is 2. The molecule has 0 aliphatic heterocycles. The Morgan fingerprint density at radius 2 is 2.00 bits per heavy atom. The molecule has 0 unspecified atom stereocenters. The number of hydrogen-bond donors (Lipinski definition) is 1. The van der Waals surface area contributed by atoms with Crippen LogP contribution in [0.4, 0.5) is 5.69 Å². The minimum absolute atomic E-state index is 0.246. The van der Waals surface area contributed by atoms with Crippen molar-refractivity contribution in [3.8, 4) is 11.5 Å². The quantitative estimate of drug-likeness (QED) is 0.814. The number of halogens is 1. The molecule has 0 spiro atoms. The van der Waals surface area contributed by atoms with Crippen molar-refractivity contribution >= 4 is 23.2 Å². The Morgan fingerprint density at radius 3 is 2.59 bits per heavy atom. The van der Waals surface area contributed by atoms with Crippen molar-refractivity contribution < 1.29 is 14.3 Å². The zero-order valence-electron chi connectivity index (χ0n) is 12.1. The van der Waals surface area contributed by atoms with Gasteiger partial charge in [0.1, 0.15) is 18.1 Å². The fourth-order valence-corrected chi connectivity index (χ4v) is 2.06. The van der Waals surface area contributed by atoms with Crippen molar-refractivity contribution in [3.05, 3.63) is 65.7 Å². The number of hydrogen-bond acceptors (Lipinski definition) is 3. The maximum atomic E-state index is 12.2. The lowest BCUT2D eigenvalue weighted by atomic mass is 10.2. The normalized spacial score (nSPS) is 9.91. The summed E-state index contributed by atoms with van der Waals surface area (Å²) in [6.07, 6.45) is 1.67. The number of rotatable bonds is 6. The molecule has 5 heteroatoms. The van der Waals surface area contributed by atoms with Gasteiger partial charge in [-0.2, -0.15) is 0 Å². The van der Waals surface area contributed by atoms with Gasteiger partial charge in [-0.25, -0.2) is 0 Å². The number of methoxy groups -OCH3 is 1. The molecule has 0 fully saturated rings. The fourth-order valence-electron chi connectivity index (χ4n) is 1.80. The van der Waals surface area contributed by atoms with Gasteiger partial charge in [0.25, 0.3) is 5.91 Å². The third-order valence-corrected chi connectivity index (χ3v) is 3.19. The molecule has 0 aliphatic carbocycles. The van der Waals surface area contributed by atoms with E-state index >= 15 is 0 Å². The van der Waals surface area contributed by atoms with E-state index < -0.39 is 0 Å². The summed E-state index contributed by atoms with van der Waals surface area (Å²) in [5.74, 6) is 0.997. The van der Waals surface area contributed by atoms with E-state index in [2.05, 4.69) is 11.9 Å². The van der Waals surface area contributed by atoms with Gasteiger partial charge >= 0.3 is 0 Å². The molecule has 114 valence electrons. The summed E-state index contributed by atoms with van der Waals surface area (Å²) in [6, 6.07) is 12.0. The summed E-state index contributed by atoms with van der Waals surface area (Å²) in [7, 11) is 1.52. The molecule has 4 nitrogen and oxygen atoms in total. The van der Waals surface area contributed by atoms with E-state index in [4.69, 9.17) is 21.1 Å². The highest BCUT2D eigenvalue weighted by Crippen LogP contribution is 2.25. The SMILES string of the molecule is C=CCOc1ccc(NC(=O)c2ccc(OC)c(Cl)c2)cc1. The second-order valence-corrected chi connectivity index (χ2v) is 4.83. The highest BCUT2D eigenvalue weighted by atomic mass is 35.5. The lowest BCUT2D eigenvalue weighted by molar-refractivity contribution is 0.102. The van der Waals surface area contributed by atoms with E-state index in [0.717, 1.165) is 0 Å². The standard InChI is InChI=1S/C17H16ClNO3/c1-3-10-22-14-7-5-13(6-8-14)19-17(20)12-4-9-16(21-2)15(18)11-12/h3-9,11H,1,10H2,2H3,(H,19,20). The maximum absolute atomic E-state index is 12.2. The lowest BCUT2D eigenvalue weighted by Crippen LogP contribution is -2.11. The van der Waals surface area contributed by atoms with E-state index in [1.165, 1.54) is 7.11 Å². The van der Waals surface area contributed by atoms with E-state index in [9.17, 15) is 4.79 Å².